The molecule has 0 spiro atoms. The lowest BCUT2D eigenvalue weighted by Gasteiger charge is -2.15. The maximum absolute atomic E-state index is 5.33. The molecule has 0 atom stereocenters. The summed E-state index contributed by atoms with van der Waals surface area (Å²) >= 11 is 1.84. The third-order valence-corrected chi connectivity index (χ3v) is 12.7. The van der Waals surface area contributed by atoms with Crippen molar-refractivity contribution in [3.05, 3.63) is 212 Å². The van der Waals surface area contributed by atoms with E-state index in [1.807, 2.05) is 35.6 Å². The number of para-hydroxylation sites is 1. The zero-order chi connectivity index (χ0) is 41.0. The third-order valence-electron chi connectivity index (χ3n) is 11.6. The van der Waals surface area contributed by atoms with Crippen LogP contribution in [0, 0.1) is 0 Å². The van der Waals surface area contributed by atoms with Gasteiger partial charge in [0, 0.05) is 70.0 Å². The average Bonchev–Trinajstić information content (AvgIpc) is 3.91. The molecule has 0 saturated carbocycles. The summed E-state index contributed by atoms with van der Waals surface area (Å²) in [6.45, 7) is 0. The molecule has 0 amide bonds. The second-order valence-electron chi connectivity index (χ2n) is 15.4. The highest BCUT2D eigenvalue weighted by Gasteiger charge is 2.21. The first-order valence-corrected chi connectivity index (χ1v) is 21.5. The molecule has 12 rings (SSSR count). The summed E-state index contributed by atoms with van der Waals surface area (Å²) in [6.07, 6.45) is 0. The molecule has 0 N–H and O–H groups in total. The van der Waals surface area contributed by atoms with E-state index < -0.39 is 0 Å². The number of aromatic nitrogens is 5. The van der Waals surface area contributed by atoms with Crippen LogP contribution < -0.4 is 0 Å². The topological polar surface area (TPSA) is 56.5 Å². The Morgan fingerprint density at radius 2 is 0.758 bits per heavy atom. The maximum atomic E-state index is 5.33. The molecule has 0 unspecified atom stereocenters. The van der Waals surface area contributed by atoms with Gasteiger partial charge in [0.1, 0.15) is 0 Å². The highest BCUT2D eigenvalue weighted by atomic mass is 32.1. The van der Waals surface area contributed by atoms with Gasteiger partial charge >= 0.3 is 0 Å². The molecule has 5 nitrogen and oxygen atoms in total. The first-order valence-electron chi connectivity index (χ1n) is 20.7. The summed E-state index contributed by atoms with van der Waals surface area (Å²) in [7, 11) is 0. The van der Waals surface area contributed by atoms with Crippen molar-refractivity contribution < 1.29 is 0 Å². The summed E-state index contributed by atoms with van der Waals surface area (Å²) in [5, 5.41) is 4.88. The van der Waals surface area contributed by atoms with Crippen molar-refractivity contribution in [1.82, 2.24) is 24.5 Å². The van der Waals surface area contributed by atoms with Gasteiger partial charge < -0.3 is 4.57 Å². The number of hydrogen-bond donors (Lipinski definition) is 0. The van der Waals surface area contributed by atoms with E-state index in [4.69, 9.17) is 19.9 Å². The molecule has 0 aliphatic carbocycles. The van der Waals surface area contributed by atoms with Gasteiger partial charge in [0.15, 0.2) is 11.6 Å². The van der Waals surface area contributed by atoms with Gasteiger partial charge in [-0.2, -0.15) is 0 Å². The van der Waals surface area contributed by atoms with Gasteiger partial charge in [-0.15, -0.1) is 11.3 Å². The minimum Gasteiger partial charge on any atom is -0.309 e. The molecule has 8 aromatic carbocycles. The predicted octanol–water partition coefficient (Wildman–Crippen LogP) is 14.7. The minimum absolute atomic E-state index is 0.614. The van der Waals surface area contributed by atoms with Crippen molar-refractivity contribution in [3.63, 3.8) is 0 Å². The van der Waals surface area contributed by atoms with E-state index in [0.717, 1.165) is 72.9 Å². The monoisotopic (exact) mass is 809 g/mol. The molecule has 12 aromatic rings. The lowest BCUT2D eigenvalue weighted by molar-refractivity contribution is 1.15. The Morgan fingerprint density at radius 3 is 1.26 bits per heavy atom. The first-order chi connectivity index (χ1) is 30.7. The fourth-order valence-corrected chi connectivity index (χ4v) is 9.82. The van der Waals surface area contributed by atoms with Crippen molar-refractivity contribution in [1.29, 1.82) is 0 Å². The smallest absolute Gasteiger partial charge is 0.160 e. The van der Waals surface area contributed by atoms with Crippen LogP contribution >= 0.6 is 11.3 Å². The van der Waals surface area contributed by atoms with E-state index in [9.17, 15) is 0 Å². The van der Waals surface area contributed by atoms with Crippen molar-refractivity contribution in [2.75, 3.05) is 0 Å². The van der Waals surface area contributed by atoms with Crippen LogP contribution in [0.15, 0.2) is 212 Å². The van der Waals surface area contributed by atoms with E-state index in [1.165, 1.54) is 30.9 Å². The lowest BCUT2D eigenvalue weighted by atomic mass is 10.0. The fraction of sp³-hybridized carbons (Fsp3) is 0. The standard InChI is InChI=1S/C56H35N5S/c1-5-17-36(18-6-1)46-34-47(37-19-7-2-8-20-37)58-55(57-46)40-31-41(56-59-48(38-21-9-3-10-22-38)35-49(60-56)39-23-11-4-12-24-39)33-42(32-40)61-50-27-15-13-25-43(50)44-29-30-52-53(54(44)61)45-26-14-16-28-51(45)62-52/h1-35H. The Labute approximate surface area is 361 Å². The van der Waals surface area contributed by atoms with Crippen molar-refractivity contribution in [2.24, 2.45) is 0 Å². The molecule has 0 radical (unpaired) electrons. The second kappa shape index (κ2) is 14.9. The van der Waals surface area contributed by atoms with Gasteiger partial charge in [0.2, 0.25) is 0 Å². The Morgan fingerprint density at radius 1 is 0.323 bits per heavy atom. The van der Waals surface area contributed by atoms with E-state index in [0.29, 0.717) is 11.6 Å². The minimum atomic E-state index is 0.614. The Balaban J connectivity index is 1.19. The number of rotatable bonds is 7. The average molecular weight is 810 g/mol. The summed E-state index contributed by atoms with van der Waals surface area (Å²) < 4.78 is 4.94. The van der Waals surface area contributed by atoms with Crippen LogP contribution in [0.3, 0.4) is 0 Å². The van der Waals surface area contributed by atoms with Crippen LogP contribution in [-0.2, 0) is 0 Å². The first kappa shape index (κ1) is 35.8. The van der Waals surface area contributed by atoms with Crippen LogP contribution in [0.4, 0.5) is 0 Å². The van der Waals surface area contributed by atoms with Gasteiger partial charge in [-0.05, 0) is 48.5 Å². The van der Waals surface area contributed by atoms with E-state index in [-0.39, 0.29) is 0 Å². The van der Waals surface area contributed by atoms with Gasteiger partial charge in [0.25, 0.3) is 0 Å². The molecular formula is C56H35N5S. The lowest BCUT2D eigenvalue weighted by Crippen LogP contribution is -2.01. The molecule has 290 valence electrons. The van der Waals surface area contributed by atoms with Crippen LogP contribution in [-0.4, -0.2) is 24.5 Å². The molecule has 0 bridgehead atoms. The quantitative estimate of drug-likeness (QED) is 0.161. The molecule has 0 aliphatic rings. The molecule has 6 heteroatoms. The number of benzene rings is 8. The molecule has 0 saturated heterocycles. The van der Waals surface area contributed by atoms with E-state index in [1.54, 1.807) is 0 Å². The van der Waals surface area contributed by atoms with Crippen molar-refractivity contribution >= 4 is 53.3 Å². The van der Waals surface area contributed by atoms with Gasteiger partial charge in [0.05, 0.1) is 33.8 Å². The van der Waals surface area contributed by atoms with Crippen molar-refractivity contribution in [3.8, 4) is 73.5 Å². The van der Waals surface area contributed by atoms with Crippen LogP contribution in [0.25, 0.3) is 115 Å². The summed E-state index contributed by atoms with van der Waals surface area (Å²) in [6, 6.07) is 74.2. The highest BCUT2D eigenvalue weighted by molar-refractivity contribution is 7.26. The number of nitrogens with zero attached hydrogens (tertiary/aromatic N) is 5. The summed E-state index contributed by atoms with van der Waals surface area (Å²) in [4.78, 5) is 21.3. The summed E-state index contributed by atoms with van der Waals surface area (Å²) in [5.41, 5.74) is 12.4. The zero-order valence-electron chi connectivity index (χ0n) is 33.4. The summed E-state index contributed by atoms with van der Waals surface area (Å²) in [5.74, 6) is 1.23. The van der Waals surface area contributed by atoms with Crippen LogP contribution in [0.1, 0.15) is 0 Å². The molecule has 4 heterocycles. The van der Waals surface area contributed by atoms with Crippen LogP contribution in [0.2, 0.25) is 0 Å². The third kappa shape index (κ3) is 6.24. The maximum Gasteiger partial charge on any atom is 0.160 e. The second-order valence-corrected chi connectivity index (χ2v) is 16.5. The fourth-order valence-electron chi connectivity index (χ4n) is 8.71. The highest BCUT2D eigenvalue weighted by Crippen LogP contribution is 2.44. The van der Waals surface area contributed by atoms with Crippen molar-refractivity contribution in [2.45, 2.75) is 0 Å². The number of fused-ring (bicyclic) bond motifs is 7. The molecule has 4 aromatic heterocycles. The molecule has 0 fully saturated rings. The Hall–Kier alpha value is -8.06. The van der Waals surface area contributed by atoms with Gasteiger partial charge in [-0.1, -0.05) is 164 Å². The molecule has 0 aliphatic heterocycles. The SMILES string of the molecule is c1ccc(-c2cc(-c3ccccc3)nc(-c3cc(-c4nc(-c5ccccc5)cc(-c5ccccc5)n4)cc(-n4c5ccccc5c5ccc6sc7ccccc7c6c54)c3)n2)cc1. The predicted molar refractivity (Wildman–Crippen MR) is 257 cm³/mol. The molecular weight excluding hydrogens is 775 g/mol. The molecule has 62 heavy (non-hydrogen) atoms. The Bertz CT molecular complexity index is 3360. The number of thiophene rings is 1. The largest absolute Gasteiger partial charge is 0.309 e. The van der Waals surface area contributed by atoms with E-state index in [2.05, 4.69) is 193 Å². The van der Waals surface area contributed by atoms with Crippen LogP contribution in [0.5, 0.6) is 0 Å². The zero-order valence-corrected chi connectivity index (χ0v) is 34.2. The van der Waals surface area contributed by atoms with Gasteiger partial charge in [-0.25, -0.2) is 19.9 Å². The normalized spacial score (nSPS) is 11.5. The van der Waals surface area contributed by atoms with Gasteiger partial charge in [-0.3, -0.25) is 0 Å². The van der Waals surface area contributed by atoms with E-state index >= 15 is 0 Å². The number of hydrogen-bond acceptors (Lipinski definition) is 5. The Kier molecular flexibility index (Phi) is 8.61.